The van der Waals surface area contributed by atoms with Crippen LogP contribution in [-0.4, -0.2) is 36.1 Å². The van der Waals surface area contributed by atoms with E-state index in [1.165, 1.54) is 37.9 Å². The van der Waals surface area contributed by atoms with Gasteiger partial charge in [-0.15, -0.1) is 0 Å². The molecule has 0 amide bonds. The van der Waals surface area contributed by atoms with Gasteiger partial charge in [0, 0.05) is 25.8 Å². The van der Waals surface area contributed by atoms with Crippen LogP contribution in [0, 0.1) is 0 Å². The molecule has 0 radical (unpaired) electrons. The number of hydrogen-bond acceptors (Lipinski definition) is 4. The number of likely N-dealkylation sites (tertiary alicyclic amines) is 1. The summed E-state index contributed by atoms with van der Waals surface area (Å²) in [6.07, 6.45) is 7.05. The SMILES string of the molecule is c1ccc(CNCc2ccc(OCCCN3CCCCC3)cc2)nc1. The molecule has 0 atom stereocenters. The molecule has 25 heavy (non-hydrogen) atoms. The number of pyridine rings is 1. The Labute approximate surface area is 151 Å². The maximum Gasteiger partial charge on any atom is 0.119 e. The van der Waals surface area contributed by atoms with E-state index < -0.39 is 0 Å². The van der Waals surface area contributed by atoms with Crippen LogP contribution < -0.4 is 10.1 Å². The number of hydrogen-bond donors (Lipinski definition) is 1. The summed E-state index contributed by atoms with van der Waals surface area (Å²) in [4.78, 5) is 6.87. The van der Waals surface area contributed by atoms with Crippen LogP contribution in [0.3, 0.4) is 0 Å². The molecular formula is C21H29N3O. The van der Waals surface area contributed by atoms with Crippen molar-refractivity contribution in [3.63, 3.8) is 0 Å². The van der Waals surface area contributed by atoms with E-state index in [2.05, 4.69) is 39.5 Å². The molecule has 1 aromatic heterocycles. The van der Waals surface area contributed by atoms with Crippen LogP contribution in [0.15, 0.2) is 48.7 Å². The van der Waals surface area contributed by atoms with Crippen molar-refractivity contribution in [1.82, 2.24) is 15.2 Å². The molecule has 0 unspecified atom stereocenters. The Hall–Kier alpha value is -1.91. The lowest BCUT2D eigenvalue weighted by atomic mass is 10.1. The largest absolute Gasteiger partial charge is 0.494 e. The summed E-state index contributed by atoms with van der Waals surface area (Å²) in [5.74, 6) is 0.965. The fraction of sp³-hybridized carbons (Fsp3) is 0.476. The quantitative estimate of drug-likeness (QED) is 0.708. The number of rotatable bonds is 9. The molecule has 2 heterocycles. The summed E-state index contributed by atoms with van der Waals surface area (Å²) in [7, 11) is 0. The van der Waals surface area contributed by atoms with Gasteiger partial charge in [-0.3, -0.25) is 4.98 Å². The maximum atomic E-state index is 5.87. The highest BCUT2D eigenvalue weighted by atomic mass is 16.5. The normalized spacial score (nSPS) is 15.2. The Morgan fingerprint density at radius 1 is 0.960 bits per heavy atom. The molecule has 4 nitrogen and oxygen atoms in total. The average molecular weight is 339 g/mol. The van der Waals surface area contributed by atoms with E-state index in [1.807, 2.05) is 24.4 Å². The van der Waals surface area contributed by atoms with Crippen molar-refractivity contribution in [1.29, 1.82) is 0 Å². The van der Waals surface area contributed by atoms with E-state index in [0.29, 0.717) is 0 Å². The Morgan fingerprint density at radius 3 is 2.56 bits per heavy atom. The summed E-state index contributed by atoms with van der Waals surface area (Å²) >= 11 is 0. The van der Waals surface area contributed by atoms with Crippen LogP contribution in [-0.2, 0) is 13.1 Å². The molecule has 1 aromatic carbocycles. The third-order valence-corrected chi connectivity index (χ3v) is 4.62. The second kappa shape index (κ2) is 10.2. The topological polar surface area (TPSA) is 37.4 Å². The summed E-state index contributed by atoms with van der Waals surface area (Å²) in [5, 5.41) is 3.42. The molecule has 0 bridgehead atoms. The predicted molar refractivity (Wildman–Crippen MR) is 102 cm³/mol. The van der Waals surface area contributed by atoms with Crippen LogP contribution in [0.4, 0.5) is 0 Å². The summed E-state index contributed by atoms with van der Waals surface area (Å²) < 4.78 is 5.87. The van der Waals surface area contributed by atoms with Crippen LogP contribution in [0.25, 0.3) is 0 Å². The molecular weight excluding hydrogens is 310 g/mol. The van der Waals surface area contributed by atoms with E-state index in [4.69, 9.17) is 4.74 Å². The minimum Gasteiger partial charge on any atom is -0.494 e. The molecule has 2 aromatic rings. The maximum absolute atomic E-state index is 5.87. The molecule has 0 saturated carbocycles. The molecule has 0 aliphatic carbocycles. The van der Waals surface area contributed by atoms with E-state index in [9.17, 15) is 0 Å². The highest BCUT2D eigenvalue weighted by Gasteiger charge is 2.08. The lowest BCUT2D eigenvalue weighted by Crippen LogP contribution is -2.31. The van der Waals surface area contributed by atoms with Gasteiger partial charge in [0.05, 0.1) is 12.3 Å². The van der Waals surface area contributed by atoms with Gasteiger partial charge in [-0.25, -0.2) is 0 Å². The number of nitrogens with zero attached hydrogens (tertiary/aromatic N) is 2. The number of benzene rings is 1. The third-order valence-electron chi connectivity index (χ3n) is 4.62. The third kappa shape index (κ3) is 6.48. The summed E-state index contributed by atoms with van der Waals surface area (Å²) in [6, 6.07) is 14.4. The second-order valence-electron chi connectivity index (χ2n) is 6.67. The fourth-order valence-corrected chi connectivity index (χ4v) is 3.20. The minimum atomic E-state index is 0.787. The van der Waals surface area contributed by atoms with E-state index in [0.717, 1.165) is 44.1 Å². The number of piperidine rings is 1. The number of aromatic nitrogens is 1. The van der Waals surface area contributed by atoms with Gasteiger partial charge < -0.3 is 15.0 Å². The van der Waals surface area contributed by atoms with E-state index in [-0.39, 0.29) is 0 Å². The van der Waals surface area contributed by atoms with Crippen molar-refractivity contribution < 1.29 is 4.74 Å². The highest BCUT2D eigenvalue weighted by molar-refractivity contribution is 5.27. The standard InChI is InChI=1S/C21H29N3O/c1-4-13-24(14-5-1)15-6-16-25-21-10-8-19(9-11-21)17-22-18-20-7-2-3-12-23-20/h2-3,7-12,22H,1,4-6,13-18H2. The lowest BCUT2D eigenvalue weighted by Gasteiger charge is -2.26. The van der Waals surface area contributed by atoms with Gasteiger partial charge >= 0.3 is 0 Å². The Kier molecular flexibility index (Phi) is 7.28. The first-order valence-corrected chi connectivity index (χ1v) is 9.45. The Morgan fingerprint density at radius 2 is 1.80 bits per heavy atom. The first-order chi connectivity index (χ1) is 12.4. The van der Waals surface area contributed by atoms with Crippen LogP contribution in [0.5, 0.6) is 5.75 Å². The zero-order valence-corrected chi connectivity index (χ0v) is 15.0. The Bertz CT molecular complexity index is 594. The molecule has 3 rings (SSSR count). The van der Waals surface area contributed by atoms with Gasteiger partial charge in [0.1, 0.15) is 5.75 Å². The van der Waals surface area contributed by atoms with Crippen molar-refractivity contribution in [2.24, 2.45) is 0 Å². The molecule has 134 valence electrons. The van der Waals surface area contributed by atoms with Crippen LogP contribution in [0.2, 0.25) is 0 Å². The number of nitrogens with one attached hydrogen (secondary N) is 1. The monoisotopic (exact) mass is 339 g/mol. The van der Waals surface area contributed by atoms with Gasteiger partial charge in [0.15, 0.2) is 0 Å². The highest BCUT2D eigenvalue weighted by Crippen LogP contribution is 2.13. The lowest BCUT2D eigenvalue weighted by molar-refractivity contribution is 0.205. The van der Waals surface area contributed by atoms with Crippen molar-refractivity contribution in [3.8, 4) is 5.75 Å². The summed E-state index contributed by atoms with van der Waals surface area (Å²) in [5.41, 5.74) is 2.33. The van der Waals surface area contributed by atoms with E-state index in [1.54, 1.807) is 0 Å². The predicted octanol–water partition coefficient (Wildman–Crippen LogP) is 3.63. The first kappa shape index (κ1) is 17.9. The smallest absolute Gasteiger partial charge is 0.119 e. The van der Waals surface area contributed by atoms with Crippen molar-refractivity contribution in [2.75, 3.05) is 26.2 Å². The second-order valence-corrected chi connectivity index (χ2v) is 6.67. The average Bonchev–Trinajstić information content (AvgIpc) is 2.68. The van der Waals surface area contributed by atoms with E-state index >= 15 is 0 Å². The molecule has 1 fully saturated rings. The summed E-state index contributed by atoms with van der Waals surface area (Å²) in [6.45, 7) is 6.12. The molecule has 1 N–H and O–H groups in total. The molecule has 1 aliphatic rings. The van der Waals surface area contributed by atoms with Crippen molar-refractivity contribution in [3.05, 3.63) is 59.9 Å². The van der Waals surface area contributed by atoms with Gasteiger partial charge in [0.2, 0.25) is 0 Å². The van der Waals surface area contributed by atoms with Gasteiger partial charge in [-0.05, 0) is 62.2 Å². The molecule has 4 heteroatoms. The van der Waals surface area contributed by atoms with Gasteiger partial charge in [-0.2, -0.15) is 0 Å². The van der Waals surface area contributed by atoms with Gasteiger partial charge in [-0.1, -0.05) is 24.6 Å². The molecule has 1 saturated heterocycles. The van der Waals surface area contributed by atoms with Crippen molar-refractivity contribution in [2.45, 2.75) is 38.8 Å². The molecule has 0 spiro atoms. The van der Waals surface area contributed by atoms with Crippen LogP contribution >= 0.6 is 0 Å². The number of ether oxygens (including phenoxy) is 1. The molecule has 1 aliphatic heterocycles. The van der Waals surface area contributed by atoms with Gasteiger partial charge in [0.25, 0.3) is 0 Å². The zero-order valence-electron chi connectivity index (χ0n) is 15.0. The Balaban J connectivity index is 1.31. The zero-order chi connectivity index (χ0) is 17.2. The minimum absolute atomic E-state index is 0.787. The van der Waals surface area contributed by atoms with Crippen LogP contribution in [0.1, 0.15) is 36.9 Å². The fourth-order valence-electron chi connectivity index (χ4n) is 3.20. The van der Waals surface area contributed by atoms with Crippen molar-refractivity contribution >= 4 is 0 Å². The first-order valence-electron chi connectivity index (χ1n) is 9.45.